The third-order valence-corrected chi connectivity index (χ3v) is 1.57. The maximum absolute atomic E-state index is 11.3. The molecule has 6 nitrogen and oxygen atoms in total. The predicted molar refractivity (Wildman–Crippen MR) is 56.7 cm³/mol. The van der Waals surface area contributed by atoms with Crippen LogP contribution in [0, 0.1) is 0 Å². The number of nitrogens with one attached hydrogen (secondary N) is 1. The monoisotopic (exact) mass is 217 g/mol. The van der Waals surface area contributed by atoms with Crippen LogP contribution in [0.1, 0.15) is 27.7 Å². The van der Waals surface area contributed by atoms with Crippen LogP contribution in [0.3, 0.4) is 0 Å². The Labute approximate surface area is 89.5 Å². The highest BCUT2D eigenvalue weighted by atomic mass is 16.5. The fourth-order valence-electron chi connectivity index (χ4n) is 0.726. The molecule has 0 aromatic heterocycles. The molecule has 1 atom stereocenters. The maximum Gasteiger partial charge on any atom is 0.246 e. The second-order valence-electron chi connectivity index (χ2n) is 4.22. The van der Waals surface area contributed by atoms with Crippen LogP contribution in [0.5, 0.6) is 0 Å². The first-order valence-corrected chi connectivity index (χ1v) is 4.67. The standard InChI is InChI=1S/C9H19N3O3/c1-6(8(10)12-14)11-7(13)5-15-9(2,3)4/h6,14H,5H2,1-4H3,(H2,10,12)(H,11,13). The van der Waals surface area contributed by atoms with Gasteiger partial charge in [-0.1, -0.05) is 5.16 Å². The van der Waals surface area contributed by atoms with E-state index in [1.165, 1.54) is 0 Å². The fourth-order valence-corrected chi connectivity index (χ4v) is 0.726. The number of ether oxygens (including phenoxy) is 1. The van der Waals surface area contributed by atoms with Crippen molar-refractivity contribution in [1.82, 2.24) is 5.32 Å². The number of amidine groups is 1. The molecule has 0 heterocycles. The summed E-state index contributed by atoms with van der Waals surface area (Å²) in [5.74, 6) is -0.344. The molecule has 0 aromatic rings. The average Bonchev–Trinajstić information content (AvgIpc) is 2.12. The summed E-state index contributed by atoms with van der Waals surface area (Å²) < 4.78 is 5.25. The number of nitrogens with zero attached hydrogens (tertiary/aromatic N) is 1. The Bertz CT molecular complexity index is 245. The molecule has 0 aromatic carbocycles. The van der Waals surface area contributed by atoms with E-state index in [-0.39, 0.29) is 24.0 Å². The first-order valence-electron chi connectivity index (χ1n) is 4.67. The first-order chi connectivity index (χ1) is 6.76. The first kappa shape index (κ1) is 13.7. The molecule has 0 bridgehead atoms. The molecule has 0 fully saturated rings. The Morgan fingerprint density at radius 2 is 2.13 bits per heavy atom. The van der Waals surface area contributed by atoms with Gasteiger partial charge in [-0.3, -0.25) is 4.79 Å². The molecule has 0 aliphatic heterocycles. The minimum Gasteiger partial charge on any atom is -0.409 e. The summed E-state index contributed by atoms with van der Waals surface area (Å²) in [5, 5.41) is 13.7. The number of rotatable bonds is 4. The number of carbonyl (C=O) groups excluding carboxylic acids is 1. The van der Waals surface area contributed by atoms with Crippen LogP contribution in [0.15, 0.2) is 5.16 Å². The van der Waals surface area contributed by atoms with Crippen molar-refractivity contribution in [3.8, 4) is 0 Å². The van der Waals surface area contributed by atoms with E-state index >= 15 is 0 Å². The topological polar surface area (TPSA) is 96.9 Å². The number of carbonyl (C=O) groups is 1. The van der Waals surface area contributed by atoms with Gasteiger partial charge in [-0.05, 0) is 27.7 Å². The van der Waals surface area contributed by atoms with E-state index in [1.807, 2.05) is 20.8 Å². The SMILES string of the molecule is CC(NC(=O)COC(C)(C)C)C(N)=NO. The zero-order valence-electron chi connectivity index (χ0n) is 9.57. The van der Waals surface area contributed by atoms with E-state index in [4.69, 9.17) is 15.7 Å². The zero-order valence-corrected chi connectivity index (χ0v) is 9.57. The van der Waals surface area contributed by atoms with Gasteiger partial charge < -0.3 is 21.0 Å². The van der Waals surface area contributed by atoms with Crippen molar-refractivity contribution in [3.63, 3.8) is 0 Å². The highest BCUT2D eigenvalue weighted by molar-refractivity contribution is 5.89. The van der Waals surface area contributed by atoms with Gasteiger partial charge in [0, 0.05) is 0 Å². The number of hydrogen-bond acceptors (Lipinski definition) is 4. The normalized spacial score (nSPS) is 14.8. The summed E-state index contributed by atoms with van der Waals surface area (Å²) in [6, 6.07) is -0.508. The van der Waals surface area contributed by atoms with Gasteiger partial charge in [-0.15, -0.1) is 0 Å². The van der Waals surface area contributed by atoms with Crippen molar-refractivity contribution < 1.29 is 14.7 Å². The van der Waals surface area contributed by atoms with Crippen LogP contribution in [0.4, 0.5) is 0 Å². The quantitative estimate of drug-likeness (QED) is 0.268. The summed E-state index contributed by atoms with van der Waals surface area (Å²) in [7, 11) is 0. The van der Waals surface area contributed by atoms with Gasteiger partial charge in [-0.2, -0.15) is 0 Å². The van der Waals surface area contributed by atoms with E-state index in [0.717, 1.165) is 0 Å². The molecule has 0 radical (unpaired) electrons. The highest BCUT2D eigenvalue weighted by Crippen LogP contribution is 2.05. The van der Waals surface area contributed by atoms with Gasteiger partial charge in [0.05, 0.1) is 11.6 Å². The molecule has 1 amide bonds. The predicted octanol–water partition coefficient (Wildman–Crippen LogP) is 0.0526. The van der Waals surface area contributed by atoms with E-state index in [9.17, 15) is 4.79 Å². The minimum absolute atomic E-state index is 0.0425. The molecular formula is C9H19N3O3. The number of amides is 1. The number of nitrogens with two attached hydrogens (primary N) is 1. The summed E-state index contributed by atoms with van der Waals surface area (Å²) in [6.45, 7) is 7.13. The van der Waals surface area contributed by atoms with Crippen LogP contribution in [0.2, 0.25) is 0 Å². The van der Waals surface area contributed by atoms with Gasteiger partial charge in [-0.25, -0.2) is 0 Å². The van der Waals surface area contributed by atoms with Crippen molar-refractivity contribution in [2.24, 2.45) is 10.9 Å². The fraction of sp³-hybridized carbons (Fsp3) is 0.778. The molecule has 88 valence electrons. The Morgan fingerprint density at radius 3 is 2.53 bits per heavy atom. The van der Waals surface area contributed by atoms with Gasteiger partial charge in [0.1, 0.15) is 6.61 Å². The maximum atomic E-state index is 11.3. The van der Waals surface area contributed by atoms with Gasteiger partial charge in [0.15, 0.2) is 5.84 Å². The van der Waals surface area contributed by atoms with E-state index < -0.39 is 6.04 Å². The van der Waals surface area contributed by atoms with Crippen LogP contribution in [-0.4, -0.2) is 35.2 Å². The lowest BCUT2D eigenvalue weighted by molar-refractivity contribution is -0.130. The van der Waals surface area contributed by atoms with Gasteiger partial charge >= 0.3 is 0 Å². The average molecular weight is 217 g/mol. The van der Waals surface area contributed by atoms with Gasteiger partial charge in [0.25, 0.3) is 0 Å². The van der Waals surface area contributed by atoms with Crippen molar-refractivity contribution in [3.05, 3.63) is 0 Å². The second-order valence-corrected chi connectivity index (χ2v) is 4.22. The van der Waals surface area contributed by atoms with Crippen LogP contribution >= 0.6 is 0 Å². The highest BCUT2D eigenvalue weighted by Gasteiger charge is 2.15. The van der Waals surface area contributed by atoms with E-state index in [2.05, 4.69) is 10.5 Å². The molecule has 0 saturated carbocycles. The van der Waals surface area contributed by atoms with Gasteiger partial charge in [0.2, 0.25) is 5.91 Å². The van der Waals surface area contributed by atoms with Crippen molar-refractivity contribution in [2.45, 2.75) is 39.3 Å². The largest absolute Gasteiger partial charge is 0.409 e. The summed E-state index contributed by atoms with van der Waals surface area (Å²) in [4.78, 5) is 11.3. The minimum atomic E-state index is -0.508. The van der Waals surface area contributed by atoms with Crippen molar-refractivity contribution in [2.75, 3.05) is 6.61 Å². The van der Waals surface area contributed by atoms with Crippen LogP contribution in [-0.2, 0) is 9.53 Å². The van der Waals surface area contributed by atoms with E-state index in [0.29, 0.717) is 0 Å². The molecule has 6 heteroatoms. The van der Waals surface area contributed by atoms with Crippen LogP contribution in [0.25, 0.3) is 0 Å². The summed E-state index contributed by atoms with van der Waals surface area (Å²) in [5.41, 5.74) is 4.93. The third kappa shape index (κ3) is 6.73. The Balaban J connectivity index is 3.95. The van der Waals surface area contributed by atoms with Crippen molar-refractivity contribution in [1.29, 1.82) is 0 Å². The molecule has 1 unspecified atom stereocenters. The Kier molecular flexibility index (Phi) is 5.07. The molecule has 0 spiro atoms. The Morgan fingerprint density at radius 1 is 1.60 bits per heavy atom. The molecule has 4 N–H and O–H groups in total. The van der Waals surface area contributed by atoms with Crippen LogP contribution < -0.4 is 11.1 Å². The molecular weight excluding hydrogens is 198 g/mol. The van der Waals surface area contributed by atoms with Crippen molar-refractivity contribution >= 4 is 11.7 Å². The molecule has 0 aliphatic carbocycles. The van der Waals surface area contributed by atoms with E-state index in [1.54, 1.807) is 6.92 Å². The summed E-state index contributed by atoms with van der Waals surface area (Å²) in [6.07, 6.45) is 0. The third-order valence-electron chi connectivity index (χ3n) is 1.57. The number of hydrogen-bond donors (Lipinski definition) is 3. The zero-order chi connectivity index (χ0) is 12.1. The number of oxime groups is 1. The molecule has 0 saturated heterocycles. The lowest BCUT2D eigenvalue weighted by atomic mass is 10.2. The lowest BCUT2D eigenvalue weighted by Crippen LogP contribution is -2.44. The smallest absolute Gasteiger partial charge is 0.246 e. The Hall–Kier alpha value is -1.30. The second kappa shape index (κ2) is 5.55. The molecule has 15 heavy (non-hydrogen) atoms. The molecule has 0 rings (SSSR count). The molecule has 0 aliphatic rings. The lowest BCUT2D eigenvalue weighted by Gasteiger charge is -2.20. The summed E-state index contributed by atoms with van der Waals surface area (Å²) >= 11 is 0.